The molecule has 0 saturated carbocycles. The minimum atomic E-state index is 0.913. The number of fused-ring (bicyclic) bond motifs is 1. The SMILES string of the molecule is C1=C[N]C2=CCNC=C2C1. The highest BCUT2D eigenvalue weighted by Gasteiger charge is 2.09. The average Bonchev–Trinajstić information content (AvgIpc) is 2.05. The Hall–Kier alpha value is -1.18. The van der Waals surface area contributed by atoms with Crippen molar-refractivity contribution in [3.63, 3.8) is 0 Å². The number of rotatable bonds is 0. The summed E-state index contributed by atoms with van der Waals surface area (Å²) in [4.78, 5) is 0. The van der Waals surface area contributed by atoms with Crippen molar-refractivity contribution in [2.45, 2.75) is 6.42 Å². The first-order chi connectivity index (χ1) is 4.97. The van der Waals surface area contributed by atoms with Crippen LogP contribution < -0.4 is 10.6 Å². The third-order valence-electron chi connectivity index (χ3n) is 1.68. The molecule has 0 unspecified atom stereocenters. The lowest BCUT2D eigenvalue weighted by atomic mass is 10.1. The fourth-order valence-corrected chi connectivity index (χ4v) is 1.15. The summed E-state index contributed by atoms with van der Waals surface area (Å²) in [5, 5.41) is 7.38. The first-order valence-corrected chi connectivity index (χ1v) is 3.45. The number of hydrogen-bond acceptors (Lipinski definition) is 1. The third-order valence-corrected chi connectivity index (χ3v) is 1.68. The Morgan fingerprint density at radius 2 is 2.50 bits per heavy atom. The Morgan fingerprint density at radius 1 is 1.50 bits per heavy atom. The molecule has 2 heteroatoms. The van der Waals surface area contributed by atoms with Gasteiger partial charge in [0.05, 0.1) is 5.70 Å². The molecule has 0 atom stereocenters. The summed E-state index contributed by atoms with van der Waals surface area (Å²) >= 11 is 0. The summed E-state index contributed by atoms with van der Waals surface area (Å²) in [5.41, 5.74) is 2.44. The molecule has 0 aromatic rings. The molecule has 0 aromatic heterocycles. The lowest BCUT2D eigenvalue weighted by molar-refractivity contribution is 0.859. The van der Waals surface area contributed by atoms with Crippen molar-refractivity contribution < 1.29 is 0 Å². The number of nitrogens with one attached hydrogen (secondary N) is 1. The highest BCUT2D eigenvalue weighted by molar-refractivity contribution is 5.36. The predicted octanol–water partition coefficient (Wildman–Crippen LogP) is 0.879. The highest BCUT2D eigenvalue weighted by Crippen LogP contribution is 2.18. The molecule has 0 bridgehead atoms. The van der Waals surface area contributed by atoms with Gasteiger partial charge in [-0.05, 0) is 18.1 Å². The van der Waals surface area contributed by atoms with Crippen molar-refractivity contribution in [3.8, 4) is 0 Å². The fraction of sp³-hybridized carbons (Fsp3) is 0.250. The summed E-state index contributed by atoms with van der Waals surface area (Å²) in [5.74, 6) is 0. The molecule has 0 aliphatic carbocycles. The molecule has 2 nitrogen and oxygen atoms in total. The van der Waals surface area contributed by atoms with Crippen LogP contribution in [-0.2, 0) is 0 Å². The minimum absolute atomic E-state index is 0.913. The van der Waals surface area contributed by atoms with Crippen LogP contribution in [0.3, 0.4) is 0 Å². The predicted molar refractivity (Wildman–Crippen MR) is 40.1 cm³/mol. The van der Waals surface area contributed by atoms with Crippen LogP contribution in [0.1, 0.15) is 6.42 Å². The molecule has 0 amide bonds. The quantitative estimate of drug-likeness (QED) is 0.521. The second-order valence-corrected chi connectivity index (χ2v) is 2.39. The van der Waals surface area contributed by atoms with E-state index in [4.69, 9.17) is 0 Å². The van der Waals surface area contributed by atoms with E-state index in [2.05, 4.69) is 22.8 Å². The summed E-state index contributed by atoms with van der Waals surface area (Å²) < 4.78 is 0. The maximum atomic E-state index is 4.22. The molecule has 1 N–H and O–H groups in total. The Bertz CT molecular complexity index is 199. The summed E-state index contributed by atoms with van der Waals surface area (Å²) in [6, 6.07) is 0. The Morgan fingerprint density at radius 3 is 3.40 bits per heavy atom. The lowest BCUT2D eigenvalue weighted by Crippen LogP contribution is -2.17. The van der Waals surface area contributed by atoms with Gasteiger partial charge in [0.15, 0.2) is 0 Å². The van der Waals surface area contributed by atoms with Crippen LogP contribution in [0.2, 0.25) is 0 Å². The van der Waals surface area contributed by atoms with Gasteiger partial charge in [-0.1, -0.05) is 6.08 Å². The van der Waals surface area contributed by atoms with Gasteiger partial charge in [0.25, 0.3) is 0 Å². The molecule has 1 radical (unpaired) electrons. The van der Waals surface area contributed by atoms with Gasteiger partial charge in [-0.2, -0.15) is 0 Å². The maximum Gasteiger partial charge on any atom is 0.0656 e. The van der Waals surface area contributed by atoms with Crippen LogP contribution in [0, 0.1) is 0 Å². The second-order valence-electron chi connectivity index (χ2n) is 2.39. The van der Waals surface area contributed by atoms with Crippen LogP contribution in [0.25, 0.3) is 0 Å². The van der Waals surface area contributed by atoms with E-state index in [1.54, 1.807) is 0 Å². The molecule has 10 heavy (non-hydrogen) atoms. The standard InChI is InChI=1S/C8H9N2/c1-2-7-6-9-5-3-8(7)10-4-1/h1,3-4,6,9H,2,5H2. The molecule has 2 heterocycles. The topological polar surface area (TPSA) is 26.1 Å². The molecule has 0 fully saturated rings. The van der Waals surface area contributed by atoms with E-state index in [1.807, 2.05) is 12.4 Å². The van der Waals surface area contributed by atoms with E-state index in [0.717, 1.165) is 18.7 Å². The largest absolute Gasteiger partial charge is 0.387 e. The van der Waals surface area contributed by atoms with Crippen LogP contribution >= 0.6 is 0 Å². The van der Waals surface area contributed by atoms with Crippen molar-refractivity contribution in [1.82, 2.24) is 10.6 Å². The average molecular weight is 133 g/mol. The minimum Gasteiger partial charge on any atom is -0.387 e. The summed E-state index contributed by atoms with van der Waals surface area (Å²) in [6.07, 6.45) is 9.11. The Labute approximate surface area is 60.3 Å². The zero-order valence-corrected chi connectivity index (χ0v) is 5.67. The monoisotopic (exact) mass is 133 g/mol. The van der Waals surface area contributed by atoms with Crippen molar-refractivity contribution in [1.29, 1.82) is 0 Å². The first-order valence-electron chi connectivity index (χ1n) is 3.45. The maximum absolute atomic E-state index is 4.22. The molecule has 2 aliphatic heterocycles. The summed E-state index contributed by atoms with van der Waals surface area (Å²) in [6.45, 7) is 0.913. The van der Waals surface area contributed by atoms with Crippen LogP contribution in [0.15, 0.2) is 35.8 Å². The zero-order chi connectivity index (χ0) is 6.81. The van der Waals surface area contributed by atoms with Gasteiger partial charge >= 0.3 is 0 Å². The van der Waals surface area contributed by atoms with Gasteiger partial charge in [-0.3, -0.25) is 5.32 Å². The van der Waals surface area contributed by atoms with E-state index >= 15 is 0 Å². The number of allylic oxidation sites excluding steroid dienone is 2. The van der Waals surface area contributed by atoms with Gasteiger partial charge in [0.1, 0.15) is 0 Å². The van der Waals surface area contributed by atoms with Gasteiger partial charge in [0, 0.05) is 18.9 Å². The van der Waals surface area contributed by atoms with Gasteiger partial charge in [0.2, 0.25) is 0 Å². The van der Waals surface area contributed by atoms with Crippen molar-refractivity contribution in [3.05, 3.63) is 35.8 Å². The Kier molecular flexibility index (Phi) is 1.24. The molecule has 0 saturated heterocycles. The number of hydrogen-bond donors (Lipinski definition) is 1. The lowest BCUT2D eigenvalue weighted by Gasteiger charge is -2.16. The van der Waals surface area contributed by atoms with E-state index in [-0.39, 0.29) is 0 Å². The molecular weight excluding hydrogens is 124 g/mol. The molecular formula is C8H9N2. The van der Waals surface area contributed by atoms with Gasteiger partial charge in [-0.15, -0.1) is 0 Å². The van der Waals surface area contributed by atoms with E-state index in [0.29, 0.717) is 0 Å². The smallest absolute Gasteiger partial charge is 0.0656 e. The van der Waals surface area contributed by atoms with E-state index < -0.39 is 0 Å². The number of dihydropyridines is 1. The molecule has 2 rings (SSSR count). The third kappa shape index (κ3) is 0.817. The van der Waals surface area contributed by atoms with Crippen LogP contribution in [0.4, 0.5) is 0 Å². The van der Waals surface area contributed by atoms with Crippen molar-refractivity contribution >= 4 is 0 Å². The molecule has 0 spiro atoms. The number of nitrogens with zero attached hydrogens (tertiary/aromatic N) is 1. The van der Waals surface area contributed by atoms with Gasteiger partial charge < -0.3 is 5.32 Å². The Balaban J connectivity index is 2.30. The summed E-state index contributed by atoms with van der Waals surface area (Å²) in [7, 11) is 0. The van der Waals surface area contributed by atoms with Crippen molar-refractivity contribution in [2.75, 3.05) is 6.54 Å². The van der Waals surface area contributed by atoms with E-state index in [1.165, 1.54) is 5.57 Å². The van der Waals surface area contributed by atoms with Gasteiger partial charge in [-0.25, -0.2) is 0 Å². The normalized spacial score (nSPS) is 21.6. The molecule has 2 aliphatic rings. The highest BCUT2D eigenvalue weighted by atomic mass is 14.9. The van der Waals surface area contributed by atoms with Crippen molar-refractivity contribution in [2.24, 2.45) is 0 Å². The molecule has 0 aromatic carbocycles. The van der Waals surface area contributed by atoms with Crippen LogP contribution in [-0.4, -0.2) is 6.54 Å². The fourth-order valence-electron chi connectivity index (χ4n) is 1.15. The molecule has 51 valence electrons. The van der Waals surface area contributed by atoms with E-state index in [9.17, 15) is 0 Å². The second kappa shape index (κ2) is 2.21. The zero-order valence-electron chi connectivity index (χ0n) is 5.67. The first kappa shape index (κ1) is 5.59. The van der Waals surface area contributed by atoms with Crippen LogP contribution in [0.5, 0.6) is 0 Å².